The van der Waals surface area contributed by atoms with Gasteiger partial charge in [0.15, 0.2) is 0 Å². The van der Waals surface area contributed by atoms with E-state index in [0.717, 1.165) is 32.4 Å². The summed E-state index contributed by atoms with van der Waals surface area (Å²) in [5.74, 6) is -0.763. The first-order valence-electron chi connectivity index (χ1n) is 8.14. The Bertz CT molecular complexity index is 379. The van der Waals surface area contributed by atoms with E-state index in [0.29, 0.717) is 6.42 Å². The van der Waals surface area contributed by atoms with Crippen LogP contribution in [0, 0.1) is 0 Å². The number of carboxylic acid groups (broad SMARTS) is 1. The van der Waals surface area contributed by atoms with Crippen LogP contribution in [0.5, 0.6) is 0 Å². The molecule has 0 aromatic heterocycles. The third-order valence-corrected chi connectivity index (χ3v) is 3.77. The molecule has 128 valence electrons. The predicted octanol–water partition coefficient (Wildman–Crippen LogP) is 2.62. The minimum atomic E-state index is -0.763. The van der Waals surface area contributed by atoms with Crippen molar-refractivity contribution in [1.82, 2.24) is 10.2 Å². The van der Waals surface area contributed by atoms with Crippen LogP contribution in [0.1, 0.15) is 59.8 Å². The minimum absolute atomic E-state index is 0.174. The number of rotatable bonds is 7. The third kappa shape index (κ3) is 7.11. The average molecular weight is 314 g/mol. The number of amides is 1. The van der Waals surface area contributed by atoms with Gasteiger partial charge in [0.25, 0.3) is 0 Å². The lowest BCUT2D eigenvalue weighted by Gasteiger charge is -2.29. The van der Waals surface area contributed by atoms with Crippen molar-refractivity contribution in [3.05, 3.63) is 0 Å². The normalized spacial score (nSPS) is 20.0. The molecule has 1 rings (SSSR count). The number of nitrogens with one attached hydrogen (secondary N) is 1. The number of carboxylic acids is 1. The lowest BCUT2D eigenvalue weighted by atomic mass is 10.1. The van der Waals surface area contributed by atoms with Crippen molar-refractivity contribution in [2.45, 2.75) is 77.5 Å². The van der Waals surface area contributed by atoms with Crippen LogP contribution in [0.4, 0.5) is 4.79 Å². The number of likely N-dealkylation sites (tertiary alicyclic amines) is 1. The van der Waals surface area contributed by atoms with Gasteiger partial charge in [-0.05, 0) is 59.9 Å². The zero-order chi connectivity index (χ0) is 16.8. The fourth-order valence-electron chi connectivity index (χ4n) is 2.64. The van der Waals surface area contributed by atoms with E-state index in [-0.39, 0.29) is 24.6 Å². The standard InChI is InChI=1S/C16H30N2O4/c1-12(7-8-14(19)20)17-10-9-13-6-5-11-18(13)15(21)22-16(2,3)4/h12-13,17H,5-11H2,1-4H3,(H,19,20). The fraction of sp³-hybridized carbons (Fsp3) is 0.875. The van der Waals surface area contributed by atoms with E-state index < -0.39 is 11.6 Å². The van der Waals surface area contributed by atoms with E-state index >= 15 is 0 Å². The van der Waals surface area contributed by atoms with Crippen molar-refractivity contribution in [2.75, 3.05) is 13.1 Å². The lowest BCUT2D eigenvalue weighted by molar-refractivity contribution is -0.137. The highest BCUT2D eigenvalue weighted by Gasteiger charge is 2.31. The smallest absolute Gasteiger partial charge is 0.410 e. The molecule has 6 heteroatoms. The van der Waals surface area contributed by atoms with Gasteiger partial charge in [-0.25, -0.2) is 4.79 Å². The molecule has 1 saturated heterocycles. The summed E-state index contributed by atoms with van der Waals surface area (Å²) in [5.41, 5.74) is -0.464. The second-order valence-electron chi connectivity index (χ2n) is 7.05. The molecule has 0 aromatic carbocycles. The van der Waals surface area contributed by atoms with Crippen LogP contribution in [-0.4, -0.2) is 52.8 Å². The highest BCUT2D eigenvalue weighted by molar-refractivity contribution is 5.69. The number of hydrogen-bond acceptors (Lipinski definition) is 4. The third-order valence-electron chi connectivity index (χ3n) is 3.77. The maximum absolute atomic E-state index is 12.2. The summed E-state index contributed by atoms with van der Waals surface area (Å²) in [6, 6.07) is 0.390. The molecule has 0 radical (unpaired) electrons. The zero-order valence-electron chi connectivity index (χ0n) is 14.2. The summed E-state index contributed by atoms with van der Waals surface area (Å²) in [6.07, 6.45) is 3.46. The summed E-state index contributed by atoms with van der Waals surface area (Å²) < 4.78 is 5.45. The molecule has 2 unspecified atom stereocenters. The molecule has 1 aliphatic rings. The molecule has 22 heavy (non-hydrogen) atoms. The van der Waals surface area contributed by atoms with Crippen molar-refractivity contribution in [2.24, 2.45) is 0 Å². The average Bonchev–Trinajstić information content (AvgIpc) is 2.83. The molecule has 1 amide bonds. The monoisotopic (exact) mass is 314 g/mol. The Morgan fingerprint density at radius 1 is 1.41 bits per heavy atom. The number of carbonyl (C=O) groups excluding carboxylic acids is 1. The Kier molecular flexibility index (Phi) is 7.13. The Morgan fingerprint density at radius 2 is 2.09 bits per heavy atom. The van der Waals surface area contributed by atoms with Crippen LogP contribution >= 0.6 is 0 Å². The summed E-state index contributed by atoms with van der Waals surface area (Å²) in [5, 5.41) is 12.0. The fourth-order valence-corrected chi connectivity index (χ4v) is 2.64. The van der Waals surface area contributed by atoms with Crippen LogP contribution in [-0.2, 0) is 9.53 Å². The molecule has 6 nitrogen and oxygen atoms in total. The zero-order valence-corrected chi connectivity index (χ0v) is 14.2. The molecule has 0 bridgehead atoms. The second-order valence-corrected chi connectivity index (χ2v) is 7.05. The van der Waals surface area contributed by atoms with Crippen molar-refractivity contribution in [1.29, 1.82) is 0 Å². The van der Waals surface area contributed by atoms with Gasteiger partial charge in [0.05, 0.1) is 0 Å². The van der Waals surface area contributed by atoms with Gasteiger partial charge in [-0.1, -0.05) is 0 Å². The Morgan fingerprint density at radius 3 is 2.68 bits per heavy atom. The van der Waals surface area contributed by atoms with Gasteiger partial charge in [0, 0.05) is 25.0 Å². The van der Waals surface area contributed by atoms with Crippen molar-refractivity contribution >= 4 is 12.1 Å². The number of hydrogen-bond donors (Lipinski definition) is 2. The van der Waals surface area contributed by atoms with E-state index in [9.17, 15) is 9.59 Å². The minimum Gasteiger partial charge on any atom is -0.481 e. The van der Waals surface area contributed by atoms with Gasteiger partial charge >= 0.3 is 12.1 Å². The van der Waals surface area contributed by atoms with E-state index in [2.05, 4.69) is 5.32 Å². The van der Waals surface area contributed by atoms with Crippen molar-refractivity contribution in [3.8, 4) is 0 Å². The maximum Gasteiger partial charge on any atom is 0.410 e. The molecule has 0 aliphatic carbocycles. The van der Waals surface area contributed by atoms with E-state index in [1.54, 1.807) is 0 Å². The van der Waals surface area contributed by atoms with Gasteiger partial charge in [-0.2, -0.15) is 0 Å². The Hall–Kier alpha value is -1.30. The molecule has 2 N–H and O–H groups in total. The van der Waals surface area contributed by atoms with Gasteiger partial charge < -0.3 is 20.1 Å². The number of aliphatic carboxylic acids is 1. The molecular weight excluding hydrogens is 284 g/mol. The SMILES string of the molecule is CC(CCC(=O)O)NCCC1CCCN1C(=O)OC(C)(C)C. The summed E-state index contributed by atoms with van der Waals surface area (Å²) in [4.78, 5) is 24.5. The quantitative estimate of drug-likeness (QED) is 0.755. The first-order valence-corrected chi connectivity index (χ1v) is 8.14. The molecule has 0 saturated carbocycles. The van der Waals surface area contributed by atoms with E-state index in [1.807, 2.05) is 32.6 Å². The van der Waals surface area contributed by atoms with E-state index in [4.69, 9.17) is 9.84 Å². The van der Waals surface area contributed by atoms with Gasteiger partial charge in [-0.15, -0.1) is 0 Å². The lowest BCUT2D eigenvalue weighted by Crippen LogP contribution is -2.41. The van der Waals surface area contributed by atoms with Crippen molar-refractivity contribution in [3.63, 3.8) is 0 Å². The Balaban J connectivity index is 2.32. The maximum atomic E-state index is 12.2. The molecule has 1 fully saturated rings. The van der Waals surface area contributed by atoms with Gasteiger partial charge in [0.1, 0.15) is 5.60 Å². The molecule has 0 aromatic rings. The highest BCUT2D eigenvalue weighted by Crippen LogP contribution is 2.22. The second kappa shape index (κ2) is 8.36. The van der Waals surface area contributed by atoms with Crippen LogP contribution in [0.3, 0.4) is 0 Å². The topological polar surface area (TPSA) is 78.9 Å². The molecule has 1 heterocycles. The summed E-state index contributed by atoms with van der Waals surface area (Å²) in [7, 11) is 0. The van der Waals surface area contributed by atoms with Crippen LogP contribution in [0.15, 0.2) is 0 Å². The summed E-state index contributed by atoms with van der Waals surface area (Å²) in [6.45, 7) is 9.16. The van der Waals surface area contributed by atoms with Crippen LogP contribution < -0.4 is 5.32 Å². The van der Waals surface area contributed by atoms with Crippen molar-refractivity contribution < 1.29 is 19.4 Å². The highest BCUT2D eigenvalue weighted by atomic mass is 16.6. The number of carbonyl (C=O) groups is 2. The van der Waals surface area contributed by atoms with Crippen LogP contribution in [0.25, 0.3) is 0 Å². The first kappa shape index (κ1) is 18.7. The Labute approximate surface area is 133 Å². The first-order chi connectivity index (χ1) is 10.2. The van der Waals surface area contributed by atoms with Crippen LogP contribution in [0.2, 0.25) is 0 Å². The molecule has 0 spiro atoms. The molecular formula is C16H30N2O4. The largest absolute Gasteiger partial charge is 0.481 e. The van der Waals surface area contributed by atoms with E-state index in [1.165, 1.54) is 0 Å². The summed E-state index contributed by atoms with van der Waals surface area (Å²) >= 11 is 0. The number of nitrogens with zero attached hydrogens (tertiary/aromatic N) is 1. The molecule has 1 aliphatic heterocycles. The predicted molar refractivity (Wildman–Crippen MR) is 84.9 cm³/mol. The number of ether oxygens (including phenoxy) is 1. The van der Waals surface area contributed by atoms with Gasteiger partial charge in [-0.3, -0.25) is 4.79 Å². The van der Waals surface area contributed by atoms with Gasteiger partial charge in [0.2, 0.25) is 0 Å². The molecule has 2 atom stereocenters.